The van der Waals surface area contributed by atoms with Crippen molar-refractivity contribution in [3.63, 3.8) is 0 Å². The minimum atomic E-state index is 0.943. The molecule has 1 aromatic rings. The topological polar surface area (TPSA) is 0 Å². The largest absolute Gasteiger partial charge is 0.0771 e. The van der Waals surface area contributed by atoms with Crippen molar-refractivity contribution in [3.8, 4) is 0 Å². The third-order valence-corrected chi connectivity index (χ3v) is 3.67. The average molecular weight is 162 g/mol. The summed E-state index contributed by atoms with van der Waals surface area (Å²) < 4.78 is 0. The summed E-state index contributed by atoms with van der Waals surface area (Å²) in [6.45, 7) is 4.47. The summed E-state index contributed by atoms with van der Waals surface area (Å²) in [5.41, 5.74) is 0. The normalized spacial score (nSPS) is 9.80. The van der Waals surface area contributed by atoms with Crippen LogP contribution in [0.15, 0.2) is 24.3 Å². The van der Waals surface area contributed by atoms with Crippen molar-refractivity contribution < 1.29 is 0 Å². The average Bonchev–Trinajstić information content (AvgIpc) is 2.04. The number of benzene rings is 1. The molecule has 0 N–H and O–H groups in total. The first-order valence-corrected chi connectivity index (χ1v) is 6.33. The number of hydrogen-bond donors (Lipinski definition) is 0. The van der Waals surface area contributed by atoms with Crippen LogP contribution in [0.2, 0.25) is 13.1 Å². The molecule has 0 aliphatic rings. The Morgan fingerprint density at radius 3 is 1.60 bits per heavy atom. The van der Waals surface area contributed by atoms with Gasteiger partial charge in [-0.05, 0) is 0 Å². The summed E-state index contributed by atoms with van der Waals surface area (Å²) in [6.07, 6.45) is 0. The van der Waals surface area contributed by atoms with Crippen molar-refractivity contribution >= 4 is 29.4 Å². The van der Waals surface area contributed by atoms with E-state index < -0.39 is 0 Å². The summed E-state index contributed by atoms with van der Waals surface area (Å²) in [5, 5.41) is 3.06. The molecule has 50 valence electrons. The fourth-order valence-electron chi connectivity index (χ4n) is 0.919. The van der Waals surface area contributed by atoms with Crippen LogP contribution in [0.5, 0.6) is 0 Å². The van der Waals surface area contributed by atoms with Gasteiger partial charge in [0.05, 0.1) is 19.0 Å². The Morgan fingerprint density at radius 1 is 0.900 bits per heavy atom. The molecule has 0 bridgehead atoms. The zero-order valence-corrected chi connectivity index (χ0v) is 8.31. The standard InChI is InChI=1S/C8H10Si2/c1-9-7-5-3-4-6-8(7)10-2/h3-6H,1-2H3. The van der Waals surface area contributed by atoms with Crippen LogP contribution >= 0.6 is 0 Å². The van der Waals surface area contributed by atoms with Gasteiger partial charge in [-0.15, -0.1) is 0 Å². The smallest absolute Gasteiger partial charge is 0.0688 e. The Balaban J connectivity index is 2.96. The van der Waals surface area contributed by atoms with Crippen LogP contribution in [-0.2, 0) is 0 Å². The van der Waals surface area contributed by atoms with Gasteiger partial charge in [-0.2, -0.15) is 0 Å². The molecule has 0 saturated carbocycles. The van der Waals surface area contributed by atoms with Gasteiger partial charge in [0.2, 0.25) is 0 Å². The second-order valence-corrected chi connectivity index (χ2v) is 4.12. The lowest BCUT2D eigenvalue weighted by atomic mass is 10.4. The highest BCUT2D eigenvalue weighted by atomic mass is 28.2. The van der Waals surface area contributed by atoms with Crippen LogP contribution < -0.4 is 10.4 Å². The van der Waals surface area contributed by atoms with Crippen LogP contribution in [0.3, 0.4) is 0 Å². The van der Waals surface area contributed by atoms with Crippen LogP contribution in [0.25, 0.3) is 0 Å². The Hall–Kier alpha value is -0.346. The van der Waals surface area contributed by atoms with Crippen molar-refractivity contribution in [1.82, 2.24) is 0 Å². The van der Waals surface area contributed by atoms with E-state index in [2.05, 4.69) is 37.4 Å². The van der Waals surface area contributed by atoms with E-state index in [1.54, 1.807) is 0 Å². The van der Waals surface area contributed by atoms with E-state index >= 15 is 0 Å². The van der Waals surface area contributed by atoms with E-state index in [4.69, 9.17) is 0 Å². The first-order valence-electron chi connectivity index (χ1n) is 3.33. The highest BCUT2D eigenvalue weighted by Crippen LogP contribution is 1.78. The van der Waals surface area contributed by atoms with Gasteiger partial charge >= 0.3 is 0 Å². The fraction of sp³-hybridized carbons (Fsp3) is 0.250. The van der Waals surface area contributed by atoms with Crippen molar-refractivity contribution in [1.29, 1.82) is 0 Å². The number of hydrogen-bond acceptors (Lipinski definition) is 0. The van der Waals surface area contributed by atoms with E-state index in [0.717, 1.165) is 19.0 Å². The van der Waals surface area contributed by atoms with Crippen molar-refractivity contribution in [2.45, 2.75) is 13.1 Å². The molecule has 0 aliphatic heterocycles. The highest BCUT2D eigenvalue weighted by Gasteiger charge is 1.95. The van der Waals surface area contributed by atoms with Crippen molar-refractivity contribution in [2.24, 2.45) is 0 Å². The summed E-state index contributed by atoms with van der Waals surface area (Å²) in [6, 6.07) is 8.69. The zero-order valence-electron chi connectivity index (χ0n) is 6.31. The molecule has 0 nitrogen and oxygen atoms in total. The lowest BCUT2D eigenvalue weighted by molar-refractivity contribution is 1.81. The predicted octanol–water partition coefficient (Wildman–Crippen LogP) is 0.442. The Bertz CT molecular complexity index is 185. The first kappa shape index (κ1) is 7.76. The van der Waals surface area contributed by atoms with Crippen LogP contribution in [0, 0.1) is 0 Å². The van der Waals surface area contributed by atoms with Crippen molar-refractivity contribution in [3.05, 3.63) is 24.3 Å². The van der Waals surface area contributed by atoms with E-state index in [9.17, 15) is 0 Å². The first-order chi connectivity index (χ1) is 4.88. The Kier molecular flexibility index (Phi) is 2.90. The molecule has 0 atom stereocenters. The molecular formula is C8H10Si2. The number of rotatable bonds is 2. The molecule has 0 fully saturated rings. The summed E-state index contributed by atoms with van der Waals surface area (Å²) in [4.78, 5) is 0. The maximum Gasteiger partial charge on any atom is 0.0771 e. The second kappa shape index (κ2) is 3.73. The molecule has 4 radical (unpaired) electrons. The van der Waals surface area contributed by atoms with Crippen LogP contribution in [0.1, 0.15) is 0 Å². The molecule has 1 rings (SSSR count). The molecule has 0 unspecified atom stereocenters. The summed E-state index contributed by atoms with van der Waals surface area (Å²) in [5.74, 6) is 0. The van der Waals surface area contributed by atoms with Gasteiger partial charge in [0.15, 0.2) is 0 Å². The molecule has 0 heterocycles. The zero-order chi connectivity index (χ0) is 7.40. The van der Waals surface area contributed by atoms with Crippen LogP contribution in [-0.4, -0.2) is 19.0 Å². The highest BCUT2D eigenvalue weighted by molar-refractivity contribution is 6.65. The lowest BCUT2D eigenvalue weighted by Crippen LogP contribution is -2.32. The molecule has 0 aliphatic carbocycles. The van der Waals surface area contributed by atoms with Gasteiger partial charge in [0.1, 0.15) is 0 Å². The van der Waals surface area contributed by atoms with Gasteiger partial charge in [-0.1, -0.05) is 47.7 Å². The van der Waals surface area contributed by atoms with Crippen LogP contribution in [0.4, 0.5) is 0 Å². The Morgan fingerprint density at radius 2 is 1.30 bits per heavy atom. The molecule has 1 aromatic carbocycles. The summed E-state index contributed by atoms with van der Waals surface area (Å²) >= 11 is 0. The van der Waals surface area contributed by atoms with E-state index in [-0.39, 0.29) is 0 Å². The molecule has 0 saturated heterocycles. The van der Waals surface area contributed by atoms with E-state index in [1.165, 1.54) is 10.4 Å². The molecular weight excluding hydrogens is 152 g/mol. The minimum Gasteiger partial charge on any atom is -0.0688 e. The predicted molar refractivity (Wildman–Crippen MR) is 48.9 cm³/mol. The van der Waals surface area contributed by atoms with Gasteiger partial charge in [0.25, 0.3) is 0 Å². The van der Waals surface area contributed by atoms with Gasteiger partial charge in [0, 0.05) is 0 Å². The van der Waals surface area contributed by atoms with E-state index in [1.807, 2.05) is 0 Å². The maximum atomic E-state index is 2.24. The molecule has 2 heteroatoms. The van der Waals surface area contributed by atoms with Crippen molar-refractivity contribution in [2.75, 3.05) is 0 Å². The quantitative estimate of drug-likeness (QED) is 0.554. The Labute approximate surface area is 67.3 Å². The second-order valence-electron chi connectivity index (χ2n) is 2.05. The lowest BCUT2D eigenvalue weighted by Gasteiger charge is -2.01. The third kappa shape index (κ3) is 1.58. The summed E-state index contributed by atoms with van der Waals surface area (Å²) in [7, 11) is 1.89. The van der Waals surface area contributed by atoms with Gasteiger partial charge < -0.3 is 0 Å². The maximum absolute atomic E-state index is 2.24. The van der Waals surface area contributed by atoms with E-state index in [0.29, 0.717) is 0 Å². The molecule has 0 spiro atoms. The molecule has 10 heavy (non-hydrogen) atoms. The molecule has 0 amide bonds. The van der Waals surface area contributed by atoms with Gasteiger partial charge in [-0.3, -0.25) is 0 Å². The third-order valence-electron chi connectivity index (χ3n) is 1.47. The molecule has 0 aromatic heterocycles. The fourth-order valence-corrected chi connectivity index (χ4v) is 2.90. The SMILES string of the molecule is C[Si]c1ccccc1[Si]C. The monoisotopic (exact) mass is 162 g/mol. The van der Waals surface area contributed by atoms with Gasteiger partial charge in [-0.25, -0.2) is 0 Å². The minimum absolute atomic E-state index is 0.943.